The van der Waals surface area contributed by atoms with Crippen molar-refractivity contribution in [3.05, 3.63) is 35.7 Å². The van der Waals surface area contributed by atoms with Crippen LogP contribution in [0.3, 0.4) is 0 Å². The summed E-state index contributed by atoms with van der Waals surface area (Å²) in [5.74, 6) is 2.24. The molecular weight excluding hydrogens is 380 g/mol. The van der Waals surface area contributed by atoms with E-state index in [9.17, 15) is 4.79 Å². The van der Waals surface area contributed by atoms with Crippen LogP contribution in [0.2, 0.25) is 0 Å². The van der Waals surface area contributed by atoms with Crippen molar-refractivity contribution < 1.29 is 23.7 Å². The second-order valence-corrected chi connectivity index (χ2v) is 6.71. The SMILES string of the molecule is COc1ccc(-c2csnc2-c2cc(OC)c3c(c2)OCO3)cc1NC(C)=O. The minimum Gasteiger partial charge on any atom is -0.495 e. The van der Waals surface area contributed by atoms with Gasteiger partial charge in [0.05, 0.1) is 25.6 Å². The molecule has 28 heavy (non-hydrogen) atoms. The topological polar surface area (TPSA) is 78.9 Å². The lowest BCUT2D eigenvalue weighted by atomic mass is 10.0. The molecule has 0 saturated heterocycles. The minimum atomic E-state index is -0.167. The van der Waals surface area contributed by atoms with Crippen molar-refractivity contribution in [2.45, 2.75) is 6.92 Å². The van der Waals surface area contributed by atoms with Crippen LogP contribution in [0.5, 0.6) is 23.0 Å². The summed E-state index contributed by atoms with van der Waals surface area (Å²) >= 11 is 1.35. The highest BCUT2D eigenvalue weighted by Crippen LogP contribution is 2.46. The van der Waals surface area contributed by atoms with Crippen LogP contribution in [0.25, 0.3) is 22.4 Å². The molecule has 7 nitrogen and oxygen atoms in total. The number of nitrogens with one attached hydrogen (secondary N) is 1. The Hall–Kier alpha value is -3.26. The Morgan fingerprint density at radius 1 is 1.11 bits per heavy atom. The molecule has 4 rings (SSSR count). The summed E-state index contributed by atoms with van der Waals surface area (Å²) in [5.41, 5.74) is 4.09. The van der Waals surface area contributed by atoms with E-state index in [1.807, 2.05) is 35.7 Å². The number of benzene rings is 2. The van der Waals surface area contributed by atoms with E-state index in [1.165, 1.54) is 18.5 Å². The van der Waals surface area contributed by atoms with Crippen LogP contribution in [-0.4, -0.2) is 31.3 Å². The highest BCUT2D eigenvalue weighted by atomic mass is 32.1. The molecule has 0 radical (unpaired) electrons. The Labute approximate surface area is 166 Å². The van der Waals surface area contributed by atoms with Gasteiger partial charge in [-0.1, -0.05) is 6.07 Å². The van der Waals surface area contributed by atoms with E-state index >= 15 is 0 Å². The van der Waals surface area contributed by atoms with Gasteiger partial charge in [-0.3, -0.25) is 4.79 Å². The first kappa shape index (κ1) is 18.1. The summed E-state index contributed by atoms with van der Waals surface area (Å²) < 4.78 is 26.3. The van der Waals surface area contributed by atoms with Crippen molar-refractivity contribution in [1.29, 1.82) is 0 Å². The Morgan fingerprint density at radius 2 is 1.93 bits per heavy atom. The Morgan fingerprint density at radius 3 is 2.68 bits per heavy atom. The maximum Gasteiger partial charge on any atom is 0.231 e. The summed E-state index contributed by atoms with van der Waals surface area (Å²) in [4.78, 5) is 11.5. The second-order valence-electron chi connectivity index (χ2n) is 6.09. The number of carbonyl (C=O) groups is 1. The summed E-state index contributed by atoms with van der Waals surface area (Å²) in [6.07, 6.45) is 0. The molecule has 3 aromatic rings. The number of fused-ring (bicyclic) bond motifs is 1. The lowest BCUT2D eigenvalue weighted by Crippen LogP contribution is -2.07. The number of amides is 1. The van der Waals surface area contributed by atoms with Crippen molar-refractivity contribution in [2.75, 3.05) is 26.3 Å². The Balaban J connectivity index is 1.80. The number of hydrogen-bond donors (Lipinski definition) is 1. The first-order valence-corrected chi connectivity index (χ1v) is 9.32. The van der Waals surface area contributed by atoms with Crippen LogP contribution >= 0.6 is 11.5 Å². The molecule has 1 aliphatic heterocycles. The van der Waals surface area contributed by atoms with Crippen molar-refractivity contribution >= 4 is 23.1 Å². The third-order valence-electron chi connectivity index (χ3n) is 4.32. The predicted molar refractivity (Wildman–Crippen MR) is 107 cm³/mol. The number of methoxy groups -OCH3 is 2. The molecule has 8 heteroatoms. The van der Waals surface area contributed by atoms with Gasteiger partial charge in [0.1, 0.15) is 5.75 Å². The monoisotopic (exact) mass is 398 g/mol. The van der Waals surface area contributed by atoms with E-state index in [4.69, 9.17) is 18.9 Å². The number of carbonyl (C=O) groups excluding carboxylic acids is 1. The predicted octanol–water partition coefficient (Wildman–Crippen LogP) is 4.18. The summed E-state index contributed by atoms with van der Waals surface area (Å²) in [5, 5.41) is 4.76. The number of aromatic nitrogens is 1. The standard InChI is InChI=1S/C20H18N2O5S/c1-11(23)21-15-6-12(4-5-16(15)24-2)14-9-28-22-19(14)13-7-17(25-3)20-18(8-13)26-10-27-20/h4-9H,10H2,1-3H3,(H,21,23). The lowest BCUT2D eigenvalue weighted by Gasteiger charge is -2.12. The molecule has 0 aliphatic carbocycles. The summed E-state index contributed by atoms with van der Waals surface area (Å²) in [6.45, 7) is 1.63. The van der Waals surface area contributed by atoms with Gasteiger partial charge in [-0.2, -0.15) is 4.37 Å². The fraction of sp³-hybridized carbons (Fsp3) is 0.200. The molecule has 2 heterocycles. The molecule has 0 fully saturated rings. The molecule has 144 valence electrons. The zero-order chi connectivity index (χ0) is 19.7. The number of nitrogens with zero attached hydrogens (tertiary/aromatic N) is 1. The van der Waals surface area contributed by atoms with Crippen LogP contribution in [-0.2, 0) is 4.79 Å². The molecule has 0 unspecified atom stereocenters. The van der Waals surface area contributed by atoms with E-state index in [1.54, 1.807) is 14.2 Å². The molecule has 1 N–H and O–H groups in total. The Kier molecular flexibility index (Phi) is 4.79. The van der Waals surface area contributed by atoms with E-state index in [2.05, 4.69) is 9.69 Å². The van der Waals surface area contributed by atoms with Crippen molar-refractivity contribution in [2.24, 2.45) is 0 Å². The molecular formula is C20H18N2O5S. The van der Waals surface area contributed by atoms with Crippen molar-refractivity contribution in [3.63, 3.8) is 0 Å². The molecule has 1 amide bonds. The van der Waals surface area contributed by atoms with Gasteiger partial charge in [0.25, 0.3) is 0 Å². The van der Waals surface area contributed by atoms with E-state index in [0.29, 0.717) is 28.7 Å². The average molecular weight is 398 g/mol. The highest BCUT2D eigenvalue weighted by molar-refractivity contribution is 7.04. The summed E-state index contributed by atoms with van der Waals surface area (Å²) in [6, 6.07) is 9.40. The number of ether oxygens (including phenoxy) is 4. The number of hydrogen-bond acceptors (Lipinski definition) is 7. The first-order chi connectivity index (χ1) is 13.6. The molecule has 0 bridgehead atoms. The van der Waals surface area contributed by atoms with E-state index in [-0.39, 0.29) is 12.7 Å². The fourth-order valence-electron chi connectivity index (χ4n) is 3.08. The second kappa shape index (κ2) is 7.40. The smallest absolute Gasteiger partial charge is 0.231 e. The zero-order valence-corrected chi connectivity index (χ0v) is 16.4. The van der Waals surface area contributed by atoms with Gasteiger partial charge in [-0.05, 0) is 41.4 Å². The minimum absolute atomic E-state index is 0.164. The summed E-state index contributed by atoms with van der Waals surface area (Å²) in [7, 11) is 3.16. The Bertz CT molecular complexity index is 1050. The van der Waals surface area contributed by atoms with E-state index in [0.717, 1.165) is 22.4 Å². The third-order valence-corrected chi connectivity index (χ3v) is 4.95. The van der Waals surface area contributed by atoms with Gasteiger partial charge in [0.2, 0.25) is 18.4 Å². The van der Waals surface area contributed by atoms with Crippen LogP contribution in [0.15, 0.2) is 35.7 Å². The molecule has 0 saturated carbocycles. The molecule has 0 atom stereocenters. The van der Waals surface area contributed by atoms with Gasteiger partial charge < -0.3 is 24.3 Å². The number of anilines is 1. The fourth-order valence-corrected chi connectivity index (χ4v) is 3.79. The van der Waals surface area contributed by atoms with Gasteiger partial charge in [0.15, 0.2) is 11.5 Å². The quantitative estimate of drug-likeness (QED) is 0.695. The van der Waals surface area contributed by atoms with Crippen molar-refractivity contribution in [3.8, 4) is 45.4 Å². The number of rotatable bonds is 5. The molecule has 1 aliphatic rings. The van der Waals surface area contributed by atoms with Gasteiger partial charge in [-0.15, -0.1) is 0 Å². The highest BCUT2D eigenvalue weighted by Gasteiger charge is 2.23. The van der Waals surface area contributed by atoms with Crippen LogP contribution in [0.4, 0.5) is 5.69 Å². The maximum absolute atomic E-state index is 11.5. The van der Waals surface area contributed by atoms with Crippen LogP contribution in [0, 0.1) is 0 Å². The largest absolute Gasteiger partial charge is 0.495 e. The van der Waals surface area contributed by atoms with Gasteiger partial charge in [-0.25, -0.2) is 0 Å². The molecule has 2 aromatic carbocycles. The van der Waals surface area contributed by atoms with Gasteiger partial charge in [0, 0.05) is 23.4 Å². The normalized spacial score (nSPS) is 12.0. The van der Waals surface area contributed by atoms with Crippen LogP contribution in [0.1, 0.15) is 6.92 Å². The third kappa shape index (κ3) is 3.22. The maximum atomic E-state index is 11.5. The lowest BCUT2D eigenvalue weighted by molar-refractivity contribution is -0.114. The van der Waals surface area contributed by atoms with Crippen molar-refractivity contribution in [1.82, 2.24) is 4.37 Å². The molecule has 1 aromatic heterocycles. The first-order valence-electron chi connectivity index (χ1n) is 8.49. The van der Waals surface area contributed by atoms with Crippen LogP contribution < -0.4 is 24.3 Å². The average Bonchev–Trinajstić information content (AvgIpc) is 3.35. The van der Waals surface area contributed by atoms with Gasteiger partial charge >= 0.3 is 0 Å². The zero-order valence-electron chi connectivity index (χ0n) is 15.6. The van der Waals surface area contributed by atoms with E-state index < -0.39 is 0 Å². The molecule has 0 spiro atoms.